The molecule has 0 aliphatic carbocycles. The summed E-state index contributed by atoms with van der Waals surface area (Å²) in [7, 11) is 0. The number of benzene rings is 1. The van der Waals surface area contributed by atoms with Crippen molar-refractivity contribution in [3.05, 3.63) is 36.1 Å². The van der Waals surface area contributed by atoms with Crippen LogP contribution < -0.4 is 10.6 Å². The van der Waals surface area contributed by atoms with Gasteiger partial charge in [-0.3, -0.25) is 4.79 Å². The molecule has 22 heavy (non-hydrogen) atoms. The number of rotatable bonds is 4. The van der Waals surface area contributed by atoms with E-state index < -0.39 is 0 Å². The molecule has 1 aromatic heterocycles. The van der Waals surface area contributed by atoms with Crippen molar-refractivity contribution in [2.24, 2.45) is 0 Å². The highest BCUT2D eigenvalue weighted by Gasteiger charge is 2.19. The van der Waals surface area contributed by atoms with Gasteiger partial charge in [0.25, 0.3) is 0 Å². The first-order chi connectivity index (χ1) is 10.2. The molecule has 1 aliphatic rings. The van der Waals surface area contributed by atoms with E-state index in [1.165, 1.54) is 0 Å². The van der Waals surface area contributed by atoms with Crippen LogP contribution in [-0.4, -0.2) is 30.0 Å². The standard InChI is InChI=1S/C16H20N2O2S.ClH/c1-11(15-8-12-4-2-3-5-14(12)20-15)18-16(19)9-13-10-21-7-6-17-13;/h2-5,8,11,13,17H,6-7,9-10H2,1H3,(H,18,19);1H. The third-order valence-electron chi connectivity index (χ3n) is 3.68. The first-order valence-electron chi connectivity index (χ1n) is 7.31. The van der Waals surface area contributed by atoms with Gasteiger partial charge in [-0.1, -0.05) is 18.2 Å². The average Bonchev–Trinajstić information content (AvgIpc) is 2.92. The fraction of sp³-hybridized carbons (Fsp3) is 0.438. The number of halogens is 1. The number of carbonyl (C=O) groups excluding carboxylic acids is 1. The molecule has 1 amide bonds. The molecule has 4 nitrogen and oxygen atoms in total. The Morgan fingerprint density at radius 3 is 3.05 bits per heavy atom. The van der Waals surface area contributed by atoms with E-state index in [2.05, 4.69) is 10.6 Å². The highest BCUT2D eigenvalue weighted by atomic mass is 35.5. The summed E-state index contributed by atoms with van der Waals surface area (Å²) in [6.45, 7) is 2.94. The van der Waals surface area contributed by atoms with E-state index in [0.717, 1.165) is 34.8 Å². The summed E-state index contributed by atoms with van der Waals surface area (Å²) < 4.78 is 5.79. The molecular weight excluding hydrogens is 320 g/mol. The zero-order valence-electron chi connectivity index (χ0n) is 12.5. The maximum Gasteiger partial charge on any atom is 0.222 e. The number of amides is 1. The van der Waals surface area contributed by atoms with Crippen LogP contribution in [0.5, 0.6) is 0 Å². The monoisotopic (exact) mass is 340 g/mol. The van der Waals surface area contributed by atoms with Crippen molar-refractivity contribution in [1.82, 2.24) is 10.6 Å². The molecular formula is C16H21ClN2O2S. The largest absolute Gasteiger partial charge is 0.459 e. The Kier molecular flexibility index (Phi) is 6.17. The zero-order chi connectivity index (χ0) is 14.7. The van der Waals surface area contributed by atoms with Gasteiger partial charge in [-0.2, -0.15) is 11.8 Å². The summed E-state index contributed by atoms with van der Waals surface area (Å²) in [4.78, 5) is 12.1. The lowest BCUT2D eigenvalue weighted by molar-refractivity contribution is -0.122. The van der Waals surface area contributed by atoms with E-state index in [9.17, 15) is 4.79 Å². The smallest absolute Gasteiger partial charge is 0.222 e. The molecule has 0 bridgehead atoms. The maximum atomic E-state index is 12.1. The number of hydrogen-bond acceptors (Lipinski definition) is 4. The van der Waals surface area contributed by atoms with Gasteiger partial charge in [0.1, 0.15) is 11.3 Å². The van der Waals surface area contributed by atoms with Crippen LogP contribution in [0.4, 0.5) is 0 Å². The molecule has 1 fully saturated rings. The number of thioether (sulfide) groups is 1. The molecule has 2 heterocycles. The Morgan fingerprint density at radius 1 is 1.50 bits per heavy atom. The van der Waals surface area contributed by atoms with E-state index in [1.807, 2.05) is 49.0 Å². The van der Waals surface area contributed by atoms with E-state index in [0.29, 0.717) is 6.42 Å². The lowest BCUT2D eigenvalue weighted by atomic mass is 10.2. The van der Waals surface area contributed by atoms with Crippen LogP contribution in [0.3, 0.4) is 0 Å². The van der Waals surface area contributed by atoms with Gasteiger partial charge in [0.05, 0.1) is 6.04 Å². The summed E-state index contributed by atoms with van der Waals surface area (Å²) in [6, 6.07) is 10.1. The minimum Gasteiger partial charge on any atom is -0.459 e. The minimum absolute atomic E-state index is 0. The Hall–Kier alpha value is -1.17. The van der Waals surface area contributed by atoms with Crippen molar-refractivity contribution in [1.29, 1.82) is 0 Å². The third-order valence-corrected chi connectivity index (χ3v) is 4.81. The second-order valence-electron chi connectivity index (χ2n) is 5.41. The van der Waals surface area contributed by atoms with E-state index in [4.69, 9.17) is 4.42 Å². The molecule has 2 aromatic rings. The maximum absolute atomic E-state index is 12.1. The Bertz CT molecular complexity index is 592. The topological polar surface area (TPSA) is 54.3 Å². The summed E-state index contributed by atoms with van der Waals surface area (Å²) in [5.74, 6) is 3.01. The van der Waals surface area contributed by atoms with Gasteiger partial charge in [0.2, 0.25) is 5.91 Å². The summed E-state index contributed by atoms with van der Waals surface area (Å²) >= 11 is 1.90. The number of hydrogen-bond donors (Lipinski definition) is 2. The van der Waals surface area contributed by atoms with Crippen LogP contribution in [0.1, 0.15) is 25.1 Å². The molecule has 0 radical (unpaired) electrons. The average molecular weight is 341 g/mol. The van der Waals surface area contributed by atoms with E-state index in [1.54, 1.807) is 0 Å². The highest BCUT2D eigenvalue weighted by Crippen LogP contribution is 2.23. The van der Waals surface area contributed by atoms with Crippen LogP contribution >= 0.6 is 24.2 Å². The second-order valence-corrected chi connectivity index (χ2v) is 6.56. The SMILES string of the molecule is CC(NC(=O)CC1CSCCN1)c1cc2ccccc2o1.Cl. The number of furan rings is 1. The summed E-state index contributed by atoms with van der Waals surface area (Å²) in [5, 5.41) is 7.47. The van der Waals surface area contributed by atoms with Crippen molar-refractivity contribution in [2.45, 2.75) is 25.4 Å². The van der Waals surface area contributed by atoms with Crippen LogP contribution in [-0.2, 0) is 4.79 Å². The van der Waals surface area contributed by atoms with Crippen molar-refractivity contribution < 1.29 is 9.21 Å². The highest BCUT2D eigenvalue weighted by molar-refractivity contribution is 7.99. The minimum atomic E-state index is -0.110. The van der Waals surface area contributed by atoms with Crippen LogP contribution in [0.15, 0.2) is 34.7 Å². The lowest BCUT2D eigenvalue weighted by Crippen LogP contribution is -2.41. The molecule has 1 aliphatic heterocycles. The quantitative estimate of drug-likeness (QED) is 0.897. The fourth-order valence-electron chi connectivity index (χ4n) is 2.56. The number of fused-ring (bicyclic) bond motifs is 1. The Labute approximate surface area is 140 Å². The summed E-state index contributed by atoms with van der Waals surface area (Å²) in [6.07, 6.45) is 0.525. The molecule has 2 atom stereocenters. The Morgan fingerprint density at radius 2 is 2.32 bits per heavy atom. The zero-order valence-corrected chi connectivity index (χ0v) is 14.1. The summed E-state index contributed by atoms with van der Waals surface area (Å²) in [5.41, 5.74) is 0.860. The van der Waals surface area contributed by atoms with Gasteiger partial charge in [-0.05, 0) is 19.1 Å². The van der Waals surface area contributed by atoms with Crippen molar-refractivity contribution in [3.8, 4) is 0 Å². The van der Waals surface area contributed by atoms with E-state index >= 15 is 0 Å². The number of para-hydroxylation sites is 1. The molecule has 1 aromatic carbocycles. The molecule has 6 heteroatoms. The van der Waals surface area contributed by atoms with Gasteiger partial charge < -0.3 is 15.1 Å². The van der Waals surface area contributed by atoms with Gasteiger partial charge in [-0.15, -0.1) is 12.4 Å². The van der Waals surface area contributed by atoms with Crippen molar-refractivity contribution >= 4 is 41.0 Å². The molecule has 2 unspecified atom stereocenters. The third kappa shape index (κ3) is 4.18. The predicted octanol–water partition coefficient (Wildman–Crippen LogP) is 3.13. The van der Waals surface area contributed by atoms with Gasteiger partial charge >= 0.3 is 0 Å². The number of nitrogens with one attached hydrogen (secondary N) is 2. The first-order valence-corrected chi connectivity index (χ1v) is 8.47. The van der Waals surface area contributed by atoms with Gasteiger partial charge in [0, 0.05) is 35.9 Å². The molecule has 2 N–H and O–H groups in total. The second kappa shape index (κ2) is 7.90. The van der Waals surface area contributed by atoms with Crippen molar-refractivity contribution in [2.75, 3.05) is 18.1 Å². The van der Waals surface area contributed by atoms with Crippen LogP contribution in [0.2, 0.25) is 0 Å². The van der Waals surface area contributed by atoms with Gasteiger partial charge in [0.15, 0.2) is 0 Å². The molecule has 120 valence electrons. The first kappa shape index (κ1) is 17.2. The molecule has 0 spiro atoms. The molecule has 3 rings (SSSR count). The predicted molar refractivity (Wildman–Crippen MR) is 93.8 cm³/mol. The molecule has 1 saturated heterocycles. The lowest BCUT2D eigenvalue weighted by Gasteiger charge is -2.23. The van der Waals surface area contributed by atoms with Gasteiger partial charge in [-0.25, -0.2) is 0 Å². The Balaban J connectivity index is 0.00000176. The van der Waals surface area contributed by atoms with Crippen molar-refractivity contribution in [3.63, 3.8) is 0 Å². The fourth-order valence-corrected chi connectivity index (χ4v) is 3.51. The number of carbonyl (C=O) groups is 1. The van der Waals surface area contributed by atoms with Crippen LogP contribution in [0.25, 0.3) is 11.0 Å². The van der Waals surface area contributed by atoms with E-state index in [-0.39, 0.29) is 30.4 Å². The normalized spacial score (nSPS) is 19.4. The van der Waals surface area contributed by atoms with Crippen LogP contribution in [0, 0.1) is 0 Å². The molecule has 0 saturated carbocycles.